The predicted octanol–water partition coefficient (Wildman–Crippen LogP) is 2.37. The molecule has 4 heteroatoms. The molecule has 2 rings (SSSR count). The molecule has 1 aliphatic heterocycles. The predicted molar refractivity (Wildman–Crippen MR) is 71.3 cm³/mol. The van der Waals surface area contributed by atoms with E-state index in [1.807, 2.05) is 25.7 Å². The van der Waals surface area contributed by atoms with Crippen molar-refractivity contribution < 1.29 is 9.53 Å². The fourth-order valence-corrected chi connectivity index (χ4v) is 2.91. The number of carbonyl (C=O) groups excluding carboxylic acids is 1. The minimum absolute atomic E-state index is 0.167. The summed E-state index contributed by atoms with van der Waals surface area (Å²) in [5.74, 6) is 0.573. The molecule has 0 spiro atoms. The molecular formula is C14H26N2O2. The van der Waals surface area contributed by atoms with E-state index < -0.39 is 5.60 Å². The second-order valence-electron chi connectivity index (χ2n) is 6.83. The standard InChI is InChI=1S/C14H26N2O2/c1-13(2,3)18-12(17)16-8-4-5-11(9-16)14(10-15)6-7-14/h11H,4-10,15H2,1-3H3/t11-/m1/s1. The van der Waals surface area contributed by atoms with E-state index in [0.29, 0.717) is 11.3 Å². The maximum absolute atomic E-state index is 12.1. The van der Waals surface area contributed by atoms with Crippen molar-refractivity contribution in [2.45, 2.75) is 52.1 Å². The highest BCUT2D eigenvalue weighted by molar-refractivity contribution is 5.68. The van der Waals surface area contributed by atoms with Crippen molar-refractivity contribution in [1.82, 2.24) is 4.90 Å². The van der Waals surface area contributed by atoms with Crippen LogP contribution in [0.15, 0.2) is 0 Å². The van der Waals surface area contributed by atoms with Gasteiger partial charge in [-0.25, -0.2) is 4.79 Å². The van der Waals surface area contributed by atoms with Gasteiger partial charge in [-0.05, 0) is 64.3 Å². The molecule has 1 aliphatic carbocycles. The van der Waals surface area contributed by atoms with Gasteiger partial charge < -0.3 is 15.4 Å². The third kappa shape index (κ3) is 2.97. The van der Waals surface area contributed by atoms with Crippen molar-refractivity contribution in [3.63, 3.8) is 0 Å². The molecule has 1 heterocycles. The fraction of sp³-hybridized carbons (Fsp3) is 0.929. The smallest absolute Gasteiger partial charge is 0.410 e. The van der Waals surface area contributed by atoms with Crippen LogP contribution in [0.25, 0.3) is 0 Å². The summed E-state index contributed by atoms with van der Waals surface area (Å²) in [6.07, 6.45) is 4.58. The maximum atomic E-state index is 12.1. The first-order chi connectivity index (χ1) is 8.36. The molecule has 2 N–H and O–H groups in total. The molecule has 1 atom stereocenters. The Kier molecular flexibility index (Phi) is 3.58. The zero-order valence-corrected chi connectivity index (χ0v) is 11.9. The van der Waals surface area contributed by atoms with Crippen LogP contribution in [0.3, 0.4) is 0 Å². The van der Waals surface area contributed by atoms with Gasteiger partial charge in [0.25, 0.3) is 0 Å². The van der Waals surface area contributed by atoms with E-state index in [1.165, 1.54) is 19.3 Å². The van der Waals surface area contributed by atoms with Crippen LogP contribution in [0.2, 0.25) is 0 Å². The van der Waals surface area contributed by atoms with Gasteiger partial charge in [-0.3, -0.25) is 0 Å². The summed E-state index contributed by atoms with van der Waals surface area (Å²) in [7, 11) is 0. The average Bonchev–Trinajstić information content (AvgIpc) is 3.08. The molecular weight excluding hydrogens is 228 g/mol. The van der Waals surface area contributed by atoms with E-state index in [0.717, 1.165) is 26.1 Å². The van der Waals surface area contributed by atoms with Crippen LogP contribution in [-0.4, -0.2) is 36.2 Å². The molecule has 1 saturated heterocycles. The zero-order valence-electron chi connectivity index (χ0n) is 11.9. The van der Waals surface area contributed by atoms with Crippen LogP contribution in [-0.2, 0) is 4.74 Å². The normalized spacial score (nSPS) is 26.9. The zero-order chi connectivity index (χ0) is 13.4. The van der Waals surface area contributed by atoms with Gasteiger partial charge in [0.15, 0.2) is 0 Å². The Bertz CT molecular complexity index is 318. The second-order valence-corrected chi connectivity index (χ2v) is 6.83. The number of rotatable bonds is 2. The van der Waals surface area contributed by atoms with E-state index in [9.17, 15) is 4.79 Å². The summed E-state index contributed by atoms with van der Waals surface area (Å²) >= 11 is 0. The first-order valence-corrected chi connectivity index (χ1v) is 7.04. The average molecular weight is 254 g/mol. The highest BCUT2D eigenvalue weighted by atomic mass is 16.6. The number of amides is 1. The maximum Gasteiger partial charge on any atom is 0.410 e. The van der Waals surface area contributed by atoms with Gasteiger partial charge in [0.1, 0.15) is 5.60 Å². The summed E-state index contributed by atoms with van der Waals surface area (Å²) in [5, 5.41) is 0. The van der Waals surface area contributed by atoms with Crippen molar-refractivity contribution in [1.29, 1.82) is 0 Å². The molecule has 4 nitrogen and oxygen atoms in total. The quantitative estimate of drug-likeness (QED) is 0.823. The van der Waals surface area contributed by atoms with Crippen molar-refractivity contribution in [3.8, 4) is 0 Å². The van der Waals surface area contributed by atoms with E-state index in [-0.39, 0.29) is 6.09 Å². The van der Waals surface area contributed by atoms with Gasteiger partial charge in [0.2, 0.25) is 0 Å². The first kappa shape index (κ1) is 13.7. The van der Waals surface area contributed by atoms with Gasteiger partial charge >= 0.3 is 6.09 Å². The number of nitrogens with zero attached hydrogens (tertiary/aromatic N) is 1. The number of ether oxygens (including phenoxy) is 1. The second kappa shape index (κ2) is 4.72. The Balaban J connectivity index is 1.93. The Morgan fingerprint density at radius 1 is 1.44 bits per heavy atom. The molecule has 0 aromatic carbocycles. The third-order valence-electron chi connectivity index (χ3n) is 4.24. The molecule has 1 saturated carbocycles. The monoisotopic (exact) mass is 254 g/mol. The first-order valence-electron chi connectivity index (χ1n) is 7.04. The van der Waals surface area contributed by atoms with Crippen LogP contribution in [0.5, 0.6) is 0 Å². The molecule has 0 aromatic heterocycles. The van der Waals surface area contributed by atoms with Crippen LogP contribution in [0.4, 0.5) is 4.79 Å². The van der Waals surface area contributed by atoms with Gasteiger partial charge in [0, 0.05) is 13.1 Å². The van der Waals surface area contributed by atoms with Crippen LogP contribution in [0.1, 0.15) is 46.5 Å². The molecule has 0 bridgehead atoms. The van der Waals surface area contributed by atoms with E-state index >= 15 is 0 Å². The Morgan fingerprint density at radius 2 is 2.11 bits per heavy atom. The minimum Gasteiger partial charge on any atom is -0.444 e. The van der Waals surface area contributed by atoms with Crippen molar-refractivity contribution in [3.05, 3.63) is 0 Å². The van der Waals surface area contributed by atoms with Gasteiger partial charge in [-0.15, -0.1) is 0 Å². The molecule has 0 unspecified atom stereocenters. The highest BCUT2D eigenvalue weighted by Gasteiger charge is 2.49. The largest absolute Gasteiger partial charge is 0.444 e. The van der Waals surface area contributed by atoms with Gasteiger partial charge in [-0.1, -0.05) is 0 Å². The third-order valence-corrected chi connectivity index (χ3v) is 4.24. The summed E-state index contributed by atoms with van der Waals surface area (Å²) in [4.78, 5) is 13.9. The molecule has 2 aliphatic rings. The Hall–Kier alpha value is -0.770. The number of hydrogen-bond acceptors (Lipinski definition) is 3. The minimum atomic E-state index is -0.408. The van der Waals surface area contributed by atoms with E-state index in [4.69, 9.17) is 10.5 Å². The molecule has 2 fully saturated rings. The topological polar surface area (TPSA) is 55.6 Å². The van der Waals surface area contributed by atoms with Gasteiger partial charge in [0.05, 0.1) is 0 Å². The van der Waals surface area contributed by atoms with Crippen molar-refractivity contribution in [2.24, 2.45) is 17.1 Å². The van der Waals surface area contributed by atoms with Crippen LogP contribution >= 0.6 is 0 Å². The van der Waals surface area contributed by atoms with Gasteiger partial charge in [-0.2, -0.15) is 0 Å². The molecule has 18 heavy (non-hydrogen) atoms. The number of nitrogens with two attached hydrogens (primary N) is 1. The Morgan fingerprint density at radius 3 is 2.61 bits per heavy atom. The summed E-state index contributed by atoms with van der Waals surface area (Å²) in [5.41, 5.74) is 5.81. The summed E-state index contributed by atoms with van der Waals surface area (Å²) in [6.45, 7) is 8.15. The number of likely N-dealkylation sites (tertiary alicyclic amines) is 1. The van der Waals surface area contributed by atoms with Crippen molar-refractivity contribution >= 4 is 6.09 Å². The highest BCUT2D eigenvalue weighted by Crippen LogP contribution is 2.53. The molecule has 1 amide bonds. The summed E-state index contributed by atoms with van der Waals surface area (Å²) in [6, 6.07) is 0. The van der Waals surface area contributed by atoms with Crippen LogP contribution < -0.4 is 5.73 Å². The van der Waals surface area contributed by atoms with E-state index in [2.05, 4.69) is 0 Å². The number of hydrogen-bond donors (Lipinski definition) is 1. The molecule has 104 valence electrons. The Labute approximate surface area is 110 Å². The van der Waals surface area contributed by atoms with Crippen molar-refractivity contribution in [2.75, 3.05) is 19.6 Å². The lowest BCUT2D eigenvalue weighted by Crippen LogP contribution is -2.46. The number of carbonyl (C=O) groups is 1. The lowest BCUT2D eigenvalue weighted by atomic mass is 9.83. The number of piperidine rings is 1. The SMILES string of the molecule is CC(C)(C)OC(=O)N1CCC[C@@H](C2(CN)CC2)C1. The summed E-state index contributed by atoms with van der Waals surface area (Å²) < 4.78 is 5.45. The van der Waals surface area contributed by atoms with E-state index in [1.54, 1.807) is 0 Å². The molecule has 0 radical (unpaired) electrons. The van der Waals surface area contributed by atoms with Crippen LogP contribution in [0, 0.1) is 11.3 Å². The fourth-order valence-electron chi connectivity index (χ4n) is 2.91. The lowest BCUT2D eigenvalue weighted by Gasteiger charge is -2.37. The lowest BCUT2D eigenvalue weighted by molar-refractivity contribution is 0.0120. The molecule has 0 aromatic rings.